The Morgan fingerprint density at radius 1 is 1.08 bits per heavy atom. The lowest BCUT2D eigenvalue weighted by Crippen LogP contribution is -2.64. The third-order valence-electron chi connectivity index (χ3n) is 3.12. The van der Waals surface area contributed by atoms with Gasteiger partial charge in [-0.3, -0.25) is 14.4 Å². The molecule has 0 aliphatic carbocycles. The zero-order valence-electron chi connectivity index (χ0n) is 13.7. The summed E-state index contributed by atoms with van der Waals surface area (Å²) in [4.78, 5) is 39.4. The largest absolute Gasteiger partial charge is 0.459 e. The van der Waals surface area contributed by atoms with Crippen molar-refractivity contribution in [2.75, 3.05) is 6.54 Å². The molecule has 1 amide bonds. The van der Waals surface area contributed by atoms with E-state index in [9.17, 15) is 14.4 Å². The van der Waals surface area contributed by atoms with Crippen molar-refractivity contribution < 1.29 is 28.6 Å². The first-order valence-corrected chi connectivity index (χ1v) is 7.12. The molecule has 1 rings (SSSR count). The molecule has 1 aliphatic rings. The van der Waals surface area contributed by atoms with Crippen LogP contribution in [-0.4, -0.2) is 55.0 Å². The fourth-order valence-electron chi connectivity index (χ4n) is 2.36. The van der Waals surface area contributed by atoms with E-state index in [0.717, 1.165) is 13.8 Å². The van der Waals surface area contributed by atoms with Crippen molar-refractivity contribution >= 4 is 17.8 Å². The van der Waals surface area contributed by atoms with Crippen molar-refractivity contribution in [2.45, 2.75) is 51.4 Å². The molecule has 0 radical (unpaired) electrons. The molecular formula is C12H17N7O6. The highest BCUT2D eigenvalue weighted by Crippen LogP contribution is 2.28. The molecule has 0 aromatic carbocycles. The van der Waals surface area contributed by atoms with E-state index in [1.54, 1.807) is 0 Å². The van der Waals surface area contributed by atoms with E-state index < -0.39 is 48.4 Å². The van der Waals surface area contributed by atoms with Crippen LogP contribution >= 0.6 is 0 Å². The summed E-state index contributed by atoms with van der Waals surface area (Å²) in [6.07, 6.45) is -4.65. The standard InChI is InChI=1S/C12H17N7O6/c1-5(20)16-12-11(24-7(3)22)9(17-19-14)10(23-6(2)21)8(25-12)4-15-18-13/h8-12H,4H2,1-3H3,(H,16,20)/t8-,9+,10-,11-,12-/m1/s1. The molecule has 1 heterocycles. The van der Waals surface area contributed by atoms with Crippen LogP contribution in [-0.2, 0) is 28.6 Å². The molecule has 5 atom stereocenters. The Morgan fingerprint density at radius 3 is 2.16 bits per heavy atom. The first-order chi connectivity index (χ1) is 11.8. The second kappa shape index (κ2) is 9.33. The van der Waals surface area contributed by atoms with Crippen LogP contribution < -0.4 is 5.32 Å². The molecule has 25 heavy (non-hydrogen) atoms. The van der Waals surface area contributed by atoms with Gasteiger partial charge in [-0.05, 0) is 11.1 Å². The van der Waals surface area contributed by atoms with Gasteiger partial charge in [-0.25, -0.2) is 0 Å². The maximum absolute atomic E-state index is 11.4. The smallest absolute Gasteiger partial charge is 0.303 e. The minimum absolute atomic E-state index is 0.269. The minimum Gasteiger partial charge on any atom is -0.459 e. The molecule has 1 saturated heterocycles. The van der Waals surface area contributed by atoms with Crippen LogP contribution in [0.1, 0.15) is 20.8 Å². The van der Waals surface area contributed by atoms with Gasteiger partial charge in [0.2, 0.25) is 5.91 Å². The highest BCUT2D eigenvalue weighted by atomic mass is 16.6. The number of carbonyl (C=O) groups is 3. The number of hydrogen-bond acceptors (Lipinski definition) is 8. The molecule has 13 nitrogen and oxygen atoms in total. The summed E-state index contributed by atoms with van der Waals surface area (Å²) in [5, 5.41) is 9.29. The lowest BCUT2D eigenvalue weighted by molar-refractivity contribution is -0.212. The summed E-state index contributed by atoms with van der Waals surface area (Å²) in [5.74, 6) is -1.94. The molecule has 0 spiro atoms. The number of carbonyl (C=O) groups excluding carboxylic acids is 3. The molecule has 0 saturated carbocycles. The zero-order chi connectivity index (χ0) is 19.0. The number of esters is 2. The van der Waals surface area contributed by atoms with E-state index in [4.69, 9.17) is 25.3 Å². The summed E-state index contributed by atoms with van der Waals surface area (Å²) in [7, 11) is 0. The molecule has 0 aromatic heterocycles. The monoisotopic (exact) mass is 355 g/mol. The Kier molecular flexibility index (Phi) is 7.47. The summed E-state index contributed by atoms with van der Waals surface area (Å²) < 4.78 is 15.8. The lowest BCUT2D eigenvalue weighted by Gasteiger charge is -2.43. The molecule has 0 unspecified atom stereocenters. The second-order valence-corrected chi connectivity index (χ2v) is 5.05. The van der Waals surface area contributed by atoms with Crippen molar-refractivity contribution in [2.24, 2.45) is 10.2 Å². The van der Waals surface area contributed by atoms with Gasteiger partial charge in [-0.2, -0.15) is 0 Å². The number of nitrogens with one attached hydrogen (secondary N) is 1. The number of hydrogen-bond donors (Lipinski definition) is 1. The molecule has 136 valence electrons. The van der Waals surface area contributed by atoms with Crippen LogP contribution in [0.2, 0.25) is 0 Å². The molecule has 0 bridgehead atoms. The quantitative estimate of drug-likeness (QED) is 0.315. The predicted octanol–water partition coefficient (Wildman–Crippen LogP) is 0.700. The Morgan fingerprint density at radius 2 is 1.68 bits per heavy atom. The molecule has 13 heteroatoms. The van der Waals surface area contributed by atoms with Crippen LogP contribution in [0.4, 0.5) is 0 Å². The van der Waals surface area contributed by atoms with Crippen LogP contribution in [0.3, 0.4) is 0 Å². The Bertz CT molecular complexity index is 597. The Balaban J connectivity index is 3.30. The maximum atomic E-state index is 11.4. The number of ether oxygens (including phenoxy) is 3. The zero-order valence-corrected chi connectivity index (χ0v) is 13.7. The van der Waals surface area contributed by atoms with Crippen molar-refractivity contribution in [3.63, 3.8) is 0 Å². The second-order valence-electron chi connectivity index (χ2n) is 5.05. The average Bonchev–Trinajstić information content (AvgIpc) is 2.50. The van der Waals surface area contributed by atoms with Gasteiger partial charge >= 0.3 is 11.9 Å². The fraction of sp³-hybridized carbons (Fsp3) is 0.750. The summed E-state index contributed by atoms with van der Waals surface area (Å²) >= 11 is 0. The SMILES string of the molecule is CC(=O)N[C@@H]1O[C@H](CN=[N+]=[N-])[C@@H](OC(C)=O)[C@H](N=[N+]=[N-])[C@H]1OC(C)=O. The highest BCUT2D eigenvalue weighted by molar-refractivity contribution is 5.73. The predicted molar refractivity (Wildman–Crippen MR) is 80.5 cm³/mol. The first kappa shape index (κ1) is 20.0. The van der Waals surface area contributed by atoms with Crippen molar-refractivity contribution in [1.82, 2.24) is 5.32 Å². The summed E-state index contributed by atoms with van der Waals surface area (Å²) in [5.41, 5.74) is 17.3. The normalized spacial score (nSPS) is 27.9. The van der Waals surface area contributed by atoms with Gasteiger partial charge in [0.05, 0.1) is 6.54 Å². The van der Waals surface area contributed by atoms with Crippen LogP contribution in [0.25, 0.3) is 20.9 Å². The Hall–Kier alpha value is -3.01. The van der Waals surface area contributed by atoms with Crippen LogP contribution in [0.15, 0.2) is 10.2 Å². The van der Waals surface area contributed by atoms with Crippen LogP contribution in [0.5, 0.6) is 0 Å². The maximum Gasteiger partial charge on any atom is 0.303 e. The van der Waals surface area contributed by atoms with E-state index in [-0.39, 0.29) is 6.54 Å². The first-order valence-electron chi connectivity index (χ1n) is 7.12. The summed E-state index contributed by atoms with van der Waals surface area (Å²) in [6.45, 7) is 3.18. The average molecular weight is 355 g/mol. The Labute approximate surface area is 141 Å². The third kappa shape index (κ3) is 5.84. The van der Waals surface area contributed by atoms with Crippen LogP contribution in [0, 0.1) is 0 Å². The lowest BCUT2D eigenvalue weighted by atomic mass is 9.95. The van der Waals surface area contributed by atoms with Gasteiger partial charge in [0.1, 0.15) is 18.2 Å². The van der Waals surface area contributed by atoms with Gasteiger partial charge in [-0.1, -0.05) is 10.2 Å². The minimum atomic E-state index is -1.25. The van der Waals surface area contributed by atoms with E-state index in [2.05, 4.69) is 25.4 Å². The number of amides is 1. The van der Waals surface area contributed by atoms with E-state index in [0.29, 0.717) is 0 Å². The third-order valence-corrected chi connectivity index (χ3v) is 3.12. The van der Waals surface area contributed by atoms with Gasteiger partial charge in [0, 0.05) is 30.6 Å². The molecular weight excluding hydrogens is 338 g/mol. The summed E-state index contributed by atoms with van der Waals surface area (Å²) in [6, 6.07) is -1.21. The van der Waals surface area contributed by atoms with Gasteiger partial charge in [0.15, 0.2) is 12.3 Å². The topological polar surface area (TPSA) is 188 Å². The number of rotatable bonds is 6. The molecule has 0 aromatic rings. The van der Waals surface area contributed by atoms with E-state index in [1.165, 1.54) is 6.92 Å². The van der Waals surface area contributed by atoms with Gasteiger partial charge < -0.3 is 19.5 Å². The van der Waals surface area contributed by atoms with E-state index >= 15 is 0 Å². The van der Waals surface area contributed by atoms with Crippen molar-refractivity contribution in [3.8, 4) is 0 Å². The van der Waals surface area contributed by atoms with Gasteiger partial charge in [-0.15, -0.1) is 0 Å². The fourth-order valence-corrected chi connectivity index (χ4v) is 2.36. The van der Waals surface area contributed by atoms with Crippen molar-refractivity contribution in [1.29, 1.82) is 0 Å². The molecule has 1 aliphatic heterocycles. The molecule has 1 N–H and O–H groups in total. The van der Waals surface area contributed by atoms with Gasteiger partial charge in [0.25, 0.3) is 0 Å². The number of azide groups is 2. The number of nitrogens with zero attached hydrogens (tertiary/aromatic N) is 6. The van der Waals surface area contributed by atoms with Crippen molar-refractivity contribution in [3.05, 3.63) is 20.9 Å². The highest BCUT2D eigenvalue weighted by Gasteiger charge is 2.49. The van der Waals surface area contributed by atoms with E-state index in [1.807, 2.05) is 0 Å². The molecule has 1 fully saturated rings.